The summed E-state index contributed by atoms with van der Waals surface area (Å²) in [7, 11) is 1.59. The van der Waals surface area contributed by atoms with Gasteiger partial charge in [0.2, 0.25) is 0 Å². The van der Waals surface area contributed by atoms with Crippen LogP contribution in [0.4, 0.5) is 0 Å². The molecule has 132 valence electrons. The smallest absolute Gasteiger partial charge is 0.279 e. The molecule has 1 amide bonds. The Hall–Kier alpha value is -2.84. The normalized spacial score (nSPS) is 11.7. The van der Waals surface area contributed by atoms with Gasteiger partial charge in [-0.2, -0.15) is 4.99 Å². The van der Waals surface area contributed by atoms with Crippen molar-refractivity contribution in [1.29, 1.82) is 0 Å². The summed E-state index contributed by atoms with van der Waals surface area (Å²) in [6.45, 7) is 4.68. The van der Waals surface area contributed by atoms with Crippen LogP contribution >= 0.6 is 11.3 Å². The third-order valence-corrected chi connectivity index (χ3v) is 5.20. The lowest BCUT2D eigenvalue weighted by Gasteiger charge is -2.05. The number of nitrogens with zero attached hydrogens (tertiary/aromatic N) is 2. The molecule has 4 nitrogen and oxygen atoms in total. The number of benzene rings is 2. The molecule has 1 heterocycles. The molecule has 3 aromatic rings. The van der Waals surface area contributed by atoms with Gasteiger partial charge in [-0.1, -0.05) is 37.2 Å². The summed E-state index contributed by atoms with van der Waals surface area (Å²) < 4.78 is 8.11. The van der Waals surface area contributed by atoms with Crippen molar-refractivity contribution in [3.63, 3.8) is 0 Å². The molecule has 2 aromatic carbocycles. The molecule has 0 bridgehead atoms. The Morgan fingerprint density at radius 2 is 2.00 bits per heavy atom. The van der Waals surface area contributed by atoms with E-state index in [0.29, 0.717) is 28.6 Å². The number of ether oxygens (including phenoxy) is 1. The van der Waals surface area contributed by atoms with Crippen LogP contribution in [-0.4, -0.2) is 17.6 Å². The fourth-order valence-corrected chi connectivity index (χ4v) is 3.74. The number of methoxy groups -OCH3 is 1. The molecule has 0 radical (unpaired) electrons. The van der Waals surface area contributed by atoms with Crippen LogP contribution < -0.4 is 9.54 Å². The van der Waals surface area contributed by atoms with Gasteiger partial charge in [0.25, 0.3) is 5.91 Å². The van der Waals surface area contributed by atoms with Gasteiger partial charge in [-0.05, 0) is 47.9 Å². The molecule has 0 atom stereocenters. The van der Waals surface area contributed by atoms with Crippen LogP contribution in [0.15, 0.2) is 47.5 Å². The fourth-order valence-electron chi connectivity index (χ4n) is 2.66. The maximum Gasteiger partial charge on any atom is 0.279 e. The number of amides is 1. The van der Waals surface area contributed by atoms with E-state index in [0.717, 1.165) is 10.2 Å². The van der Waals surface area contributed by atoms with Crippen LogP contribution in [0.5, 0.6) is 5.75 Å². The molecule has 3 rings (SSSR count). The van der Waals surface area contributed by atoms with Crippen LogP contribution in [0.1, 0.15) is 35.7 Å². The largest absolute Gasteiger partial charge is 0.497 e. The number of aromatic nitrogens is 1. The zero-order valence-electron chi connectivity index (χ0n) is 15.0. The van der Waals surface area contributed by atoms with E-state index in [1.165, 1.54) is 16.9 Å². The lowest BCUT2D eigenvalue weighted by Crippen LogP contribution is -2.16. The Morgan fingerprint density at radius 1 is 1.27 bits per heavy atom. The molecule has 0 fully saturated rings. The first-order valence-corrected chi connectivity index (χ1v) is 9.15. The van der Waals surface area contributed by atoms with Gasteiger partial charge < -0.3 is 9.30 Å². The van der Waals surface area contributed by atoms with Crippen LogP contribution in [0.25, 0.3) is 10.2 Å². The minimum atomic E-state index is -0.297. The van der Waals surface area contributed by atoms with Gasteiger partial charge in [0.05, 0.1) is 23.9 Å². The third kappa shape index (κ3) is 3.56. The Kier molecular flexibility index (Phi) is 5.24. The van der Waals surface area contributed by atoms with E-state index in [-0.39, 0.29) is 5.91 Å². The van der Waals surface area contributed by atoms with Crippen LogP contribution in [0, 0.1) is 12.3 Å². The van der Waals surface area contributed by atoms with Crippen molar-refractivity contribution in [3.8, 4) is 18.1 Å². The Labute approximate surface area is 156 Å². The van der Waals surface area contributed by atoms with E-state index in [9.17, 15) is 4.79 Å². The molecular weight excluding hydrogens is 344 g/mol. The maximum atomic E-state index is 12.6. The molecule has 0 spiro atoms. The molecule has 0 saturated heterocycles. The van der Waals surface area contributed by atoms with Gasteiger partial charge in [0, 0.05) is 5.56 Å². The summed E-state index contributed by atoms with van der Waals surface area (Å²) in [5.74, 6) is 3.49. The van der Waals surface area contributed by atoms with Crippen molar-refractivity contribution in [3.05, 3.63) is 58.4 Å². The average molecular weight is 364 g/mol. The van der Waals surface area contributed by atoms with Crippen molar-refractivity contribution in [2.75, 3.05) is 7.11 Å². The van der Waals surface area contributed by atoms with Crippen LogP contribution in [0.2, 0.25) is 0 Å². The molecule has 0 aliphatic carbocycles. The summed E-state index contributed by atoms with van der Waals surface area (Å²) in [6.07, 6.45) is 5.52. The molecule has 26 heavy (non-hydrogen) atoms. The number of hydrogen-bond donors (Lipinski definition) is 0. The number of carbonyl (C=O) groups is 1. The van der Waals surface area contributed by atoms with Crippen molar-refractivity contribution in [2.24, 2.45) is 4.99 Å². The first-order valence-electron chi connectivity index (χ1n) is 8.33. The summed E-state index contributed by atoms with van der Waals surface area (Å²) in [5.41, 5.74) is 2.76. The van der Waals surface area contributed by atoms with Gasteiger partial charge in [-0.3, -0.25) is 4.79 Å². The maximum absolute atomic E-state index is 12.6. The number of carbonyl (C=O) groups excluding carboxylic acids is 1. The van der Waals surface area contributed by atoms with Gasteiger partial charge in [-0.15, -0.1) is 6.42 Å². The van der Waals surface area contributed by atoms with Crippen molar-refractivity contribution in [1.82, 2.24) is 4.57 Å². The summed E-state index contributed by atoms with van der Waals surface area (Å²) in [5, 5.41) is 0. The lowest BCUT2D eigenvalue weighted by atomic mass is 10.0. The highest BCUT2D eigenvalue weighted by Crippen LogP contribution is 2.23. The SMILES string of the molecule is C#CCn1c(=NC(=O)c2ccc(OC)cc2)sc2cc(C(C)C)ccc21. The first kappa shape index (κ1) is 18.0. The predicted octanol–water partition coefficient (Wildman–Crippen LogP) is 4.21. The quantitative estimate of drug-likeness (QED) is 0.651. The highest BCUT2D eigenvalue weighted by molar-refractivity contribution is 7.16. The molecule has 5 heteroatoms. The second kappa shape index (κ2) is 7.59. The number of thiazole rings is 1. The van der Waals surface area contributed by atoms with Gasteiger partial charge >= 0.3 is 0 Å². The molecule has 1 aromatic heterocycles. The van der Waals surface area contributed by atoms with Crippen molar-refractivity contribution in [2.45, 2.75) is 26.3 Å². The number of fused-ring (bicyclic) bond motifs is 1. The van der Waals surface area contributed by atoms with Gasteiger partial charge in [0.15, 0.2) is 4.80 Å². The second-order valence-corrected chi connectivity index (χ2v) is 7.21. The minimum Gasteiger partial charge on any atom is -0.497 e. The van der Waals surface area contributed by atoms with E-state index in [4.69, 9.17) is 11.2 Å². The van der Waals surface area contributed by atoms with E-state index < -0.39 is 0 Å². The monoisotopic (exact) mass is 364 g/mol. The zero-order valence-corrected chi connectivity index (χ0v) is 15.8. The third-order valence-electron chi connectivity index (χ3n) is 4.16. The molecule has 0 N–H and O–H groups in total. The Morgan fingerprint density at radius 3 is 2.62 bits per heavy atom. The predicted molar refractivity (Wildman–Crippen MR) is 106 cm³/mol. The lowest BCUT2D eigenvalue weighted by molar-refractivity contribution is 0.0998. The Bertz CT molecular complexity index is 1050. The summed E-state index contributed by atoms with van der Waals surface area (Å²) in [6, 6.07) is 13.2. The van der Waals surface area contributed by atoms with E-state index in [1.807, 2.05) is 4.57 Å². The molecule has 0 aliphatic rings. The molecule has 0 aliphatic heterocycles. The standard InChI is InChI=1S/C21H20N2O2S/c1-5-12-23-18-11-8-16(14(2)3)13-19(18)26-21(23)22-20(24)15-6-9-17(25-4)10-7-15/h1,6-11,13-14H,12H2,2-4H3. The minimum absolute atomic E-state index is 0.297. The molecule has 0 saturated carbocycles. The summed E-state index contributed by atoms with van der Waals surface area (Å²) in [4.78, 5) is 17.5. The van der Waals surface area contributed by atoms with Gasteiger partial charge in [-0.25, -0.2) is 0 Å². The highest BCUT2D eigenvalue weighted by atomic mass is 32.1. The van der Waals surface area contributed by atoms with Crippen LogP contribution in [-0.2, 0) is 6.54 Å². The number of rotatable bonds is 4. The van der Waals surface area contributed by atoms with Gasteiger partial charge in [0.1, 0.15) is 5.75 Å². The average Bonchev–Trinajstić information content (AvgIpc) is 2.98. The fraction of sp³-hybridized carbons (Fsp3) is 0.238. The van der Waals surface area contributed by atoms with Crippen molar-refractivity contribution >= 4 is 27.5 Å². The number of hydrogen-bond acceptors (Lipinski definition) is 3. The van der Waals surface area contributed by atoms with Crippen molar-refractivity contribution < 1.29 is 9.53 Å². The molecular formula is C21H20N2O2S. The Balaban J connectivity index is 2.09. The van der Waals surface area contributed by atoms with E-state index in [2.05, 4.69) is 43.0 Å². The topological polar surface area (TPSA) is 43.6 Å². The van der Waals surface area contributed by atoms with Crippen LogP contribution in [0.3, 0.4) is 0 Å². The molecule has 0 unspecified atom stereocenters. The van der Waals surface area contributed by atoms with E-state index in [1.54, 1.807) is 31.4 Å². The number of terminal acetylenes is 1. The van der Waals surface area contributed by atoms with E-state index >= 15 is 0 Å². The highest BCUT2D eigenvalue weighted by Gasteiger charge is 2.10. The summed E-state index contributed by atoms with van der Waals surface area (Å²) >= 11 is 1.48. The second-order valence-electron chi connectivity index (χ2n) is 6.20. The first-order chi connectivity index (χ1) is 12.5. The zero-order chi connectivity index (χ0) is 18.7.